The summed E-state index contributed by atoms with van der Waals surface area (Å²) in [6.07, 6.45) is 1.77. The molecular weight excluding hydrogens is 212 g/mol. The average molecular weight is 234 g/mol. The minimum atomic E-state index is -0.00249. The van der Waals surface area contributed by atoms with E-state index in [4.69, 9.17) is 4.74 Å². The molecule has 0 aliphatic heterocycles. The third-order valence-corrected chi connectivity index (χ3v) is 2.39. The number of hydrogen-bond acceptors (Lipinski definition) is 3. The largest absolute Gasteiger partial charge is 0.485 e. The van der Waals surface area contributed by atoms with E-state index in [0.717, 1.165) is 23.7 Å². The van der Waals surface area contributed by atoms with Crippen LogP contribution in [0.15, 0.2) is 24.8 Å². The minimum Gasteiger partial charge on any atom is -0.485 e. The number of pyridine rings is 1. The second-order valence-corrected chi connectivity index (χ2v) is 4.49. The van der Waals surface area contributed by atoms with Gasteiger partial charge < -0.3 is 10.1 Å². The lowest BCUT2D eigenvalue weighted by Crippen LogP contribution is -2.23. The molecule has 17 heavy (non-hydrogen) atoms. The van der Waals surface area contributed by atoms with Crippen LogP contribution in [0.1, 0.15) is 32.2 Å². The number of aromatic nitrogens is 1. The average Bonchev–Trinajstić information content (AvgIpc) is 2.29. The molecule has 1 aromatic rings. The van der Waals surface area contributed by atoms with Crippen LogP contribution in [0.3, 0.4) is 0 Å². The van der Waals surface area contributed by atoms with Gasteiger partial charge in [-0.1, -0.05) is 26.5 Å². The van der Waals surface area contributed by atoms with E-state index in [1.807, 2.05) is 26.0 Å². The van der Waals surface area contributed by atoms with E-state index in [2.05, 4.69) is 30.7 Å². The van der Waals surface area contributed by atoms with Gasteiger partial charge in [0.1, 0.15) is 11.9 Å². The molecule has 0 bridgehead atoms. The second kappa shape index (κ2) is 6.40. The molecule has 1 N–H and O–H groups in total. The quantitative estimate of drug-likeness (QED) is 0.769. The smallest absolute Gasteiger partial charge is 0.143 e. The maximum Gasteiger partial charge on any atom is 0.143 e. The third kappa shape index (κ3) is 4.57. The van der Waals surface area contributed by atoms with E-state index >= 15 is 0 Å². The summed E-state index contributed by atoms with van der Waals surface area (Å²) in [7, 11) is 0. The first kappa shape index (κ1) is 13.7. The molecule has 1 rings (SSSR count). The highest BCUT2D eigenvalue weighted by atomic mass is 16.5. The van der Waals surface area contributed by atoms with Crippen LogP contribution in [0.25, 0.3) is 0 Å². The highest BCUT2D eigenvalue weighted by molar-refractivity contribution is 5.29. The Morgan fingerprint density at radius 3 is 2.71 bits per heavy atom. The zero-order valence-corrected chi connectivity index (χ0v) is 11.2. The second-order valence-electron chi connectivity index (χ2n) is 4.49. The summed E-state index contributed by atoms with van der Waals surface area (Å²) in [6.45, 7) is 12.6. The van der Waals surface area contributed by atoms with Crippen LogP contribution in [0.4, 0.5) is 0 Å². The third-order valence-electron chi connectivity index (χ3n) is 2.39. The fourth-order valence-corrected chi connectivity index (χ4v) is 1.38. The van der Waals surface area contributed by atoms with Gasteiger partial charge in [-0.25, -0.2) is 0 Å². The molecule has 1 atom stereocenters. The Bertz CT molecular complexity index is 374. The van der Waals surface area contributed by atoms with Gasteiger partial charge in [0.15, 0.2) is 0 Å². The highest BCUT2D eigenvalue weighted by Gasteiger charge is 2.08. The summed E-state index contributed by atoms with van der Waals surface area (Å²) in [5.74, 6) is 0.830. The Hall–Kier alpha value is -1.35. The van der Waals surface area contributed by atoms with Crippen molar-refractivity contribution in [1.82, 2.24) is 10.3 Å². The zero-order valence-electron chi connectivity index (χ0n) is 11.2. The fourth-order valence-electron chi connectivity index (χ4n) is 1.38. The van der Waals surface area contributed by atoms with Crippen LogP contribution >= 0.6 is 0 Å². The molecule has 3 heteroatoms. The lowest BCUT2D eigenvalue weighted by atomic mass is 10.2. The minimum absolute atomic E-state index is 0.00249. The normalized spacial score (nSPS) is 12.5. The highest BCUT2D eigenvalue weighted by Crippen LogP contribution is 2.18. The first-order valence-electron chi connectivity index (χ1n) is 6.02. The van der Waals surface area contributed by atoms with E-state index in [9.17, 15) is 0 Å². The van der Waals surface area contributed by atoms with Crippen LogP contribution in [0.2, 0.25) is 0 Å². The SMILES string of the molecule is C=CC(C)Oc1ccc(C)nc1CNC(C)C. The summed E-state index contributed by atoms with van der Waals surface area (Å²) in [6, 6.07) is 4.37. The molecule has 0 aliphatic rings. The molecule has 1 aromatic heterocycles. The van der Waals surface area contributed by atoms with Gasteiger partial charge in [0.05, 0.1) is 5.69 Å². The fraction of sp³-hybridized carbons (Fsp3) is 0.500. The topological polar surface area (TPSA) is 34.1 Å². The number of nitrogens with zero attached hydrogens (tertiary/aromatic N) is 1. The molecule has 1 unspecified atom stereocenters. The van der Waals surface area contributed by atoms with E-state index < -0.39 is 0 Å². The number of aryl methyl sites for hydroxylation is 1. The summed E-state index contributed by atoms with van der Waals surface area (Å²) in [5, 5.41) is 3.35. The lowest BCUT2D eigenvalue weighted by molar-refractivity contribution is 0.265. The Labute approximate surface area is 104 Å². The Morgan fingerprint density at radius 2 is 2.12 bits per heavy atom. The van der Waals surface area contributed by atoms with Crippen molar-refractivity contribution in [1.29, 1.82) is 0 Å². The summed E-state index contributed by atoms with van der Waals surface area (Å²) in [4.78, 5) is 4.51. The molecule has 0 spiro atoms. The molecule has 0 saturated heterocycles. The Balaban J connectivity index is 2.83. The predicted molar refractivity (Wildman–Crippen MR) is 71.2 cm³/mol. The standard InChI is InChI=1S/C14H22N2O/c1-6-12(5)17-14-8-7-11(4)16-13(14)9-15-10(2)3/h6-8,10,12,15H,1,9H2,2-5H3. The Kier molecular flexibility index (Phi) is 5.16. The van der Waals surface area contributed by atoms with Crippen LogP contribution in [-0.4, -0.2) is 17.1 Å². The van der Waals surface area contributed by atoms with Crippen molar-refractivity contribution in [2.75, 3.05) is 0 Å². The van der Waals surface area contributed by atoms with Crippen molar-refractivity contribution in [3.05, 3.63) is 36.2 Å². The molecule has 0 aromatic carbocycles. The van der Waals surface area contributed by atoms with Crippen molar-refractivity contribution in [2.45, 2.75) is 46.4 Å². The first-order chi connectivity index (χ1) is 8.02. The van der Waals surface area contributed by atoms with Crippen molar-refractivity contribution in [3.63, 3.8) is 0 Å². The molecule has 0 amide bonds. The number of rotatable bonds is 6. The summed E-state index contributed by atoms with van der Waals surface area (Å²) >= 11 is 0. The number of nitrogens with one attached hydrogen (secondary N) is 1. The molecule has 0 aliphatic carbocycles. The van der Waals surface area contributed by atoms with Gasteiger partial charge in [-0.3, -0.25) is 4.98 Å². The zero-order chi connectivity index (χ0) is 12.8. The molecule has 94 valence electrons. The first-order valence-corrected chi connectivity index (χ1v) is 6.02. The number of hydrogen-bond donors (Lipinski definition) is 1. The van der Waals surface area contributed by atoms with Crippen LogP contribution in [0.5, 0.6) is 5.75 Å². The van der Waals surface area contributed by atoms with Gasteiger partial charge >= 0.3 is 0 Å². The monoisotopic (exact) mass is 234 g/mol. The van der Waals surface area contributed by atoms with E-state index in [-0.39, 0.29) is 6.10 Å². The lowest BCUT2D eigenvalue weighted by Gasteiger charge is -2.16. The molecule has 0 fully saturated rings. The maximum atomic E-state index is 5.76. The van der Waals surface area contributed by atoms with Crippen LogP contribution in [0, 0.1) is 6.92 Å². The van der Waals surface area contributed by atoms with Crippen molar-refractivity contribution in [3.8, 4) is 5.75 Å². The van der Waals surface area contributed by atoms with Gasteiger partial charge in [-0.2, -0.15) is 0 Å². The van der Waals surface area contributed by atoms with Gasteiger partial charge in [0, 0.05) is 18.3 Å². The van der Waals surface area contributed by atoms with E-state index in [0.29, 0.717) is 6.04 Å². The maximum absolute atomic E-state index is 5.76. The molecule has 0 radical (unpaired) electrons. The van der Waals surface area contributed by atoms with Crippen molar-refractivity contribution >= 4 is 0 Å². The van der Waals surface area contributed by atoms with Crippen molar-refractivity contribution < 1.29 is 4.74 Å². The Morgan fingerprint density at radius 1 is 1.41 bits per heavy atom. The van der Waals surface area contributed by atoms with Gasteiger partial charge in [-0.15, -0.1) is 0 Å². The molecule has 1 heterocycles. The summed E-state index contributed by atoms with van der Waals surface area (Å²) < 4.78 is 5.76. The van der Waals surface area contributed by atoms with Gasteiger partial charge in [-0.05, 0) is 26.0 Å². The van der Waals surface area contributed by atoms with Crippen LogP contribution < -0.4 is 10.1 Å². The predicted octanol–water partition coefficient (Wildman–Crippen LogP) is 2.84. The number of ether oxygens (including phenoxy) is 1. The molecular formula is C14H22N2O. The van der Waals surface area contributed by atoms with E-state index in [1.54, 1.807) is 6.08 Å². The van der Waals surface area contributed by atoms with E-state index in [1.165, 1.54) is 0 Å². The summed E-state index contributed by atoms with van der Waals surface area (Å²) in [5.41, 5.74) is 1.96. The van der Waals surface area contributed by atoms with Gasteiger partial charge in [0.2, 0.25) is 0 Å². The van der Waals surface area contributed by atoms with Crippen LogP contribution in [-0.2, 0) is 6.54 Å². The molecule has 0 saturated carbocycles. The van der Waals surface area contributed by atoms with Gasteiger partial charge in [0.25, 0.3) is 0 Å². The van der Waals surface area contributed by atoms with Crippen molar-refractivity contribution in [2.24, 2.45) is 0 Å². The molecule has 3 nitrogen and oxygen atoms in total.